The molecule has 5 nitrogen and oxygen atoms in total. The lowest BCUT2D eigenvalue weighted by atomic mass is 9.99. The van der Waals surface area contributed by atoms with Crippen molar-refractivity contribution in [1.29, 1.82) is 0 Å². The average molecular weight is 271 g/mol. The van der Waals surface area contributed by atoms with Crippen LogP contribution in [0.4, 0.5) is 0 Å². The normalized spacial score (nSPS) is 17.4. The van der Waals surface area contributed by atoms with Crippen molar-refractivity contribution in [3.05, 3.63) is 46.8 Å². The zero-order valence-corrected chi connectivity index (χ0v) is 11.8. The van der Waals surface area contributed by atoms with Gasteiger partial charge in [-0.3, -0.25) is 9.89 Å². The van der Waals surface area contributed by atoms with Gasteiger partial charge >= 0.3 is 0 Å². The monoisotopic (exact) mass is 271 g/mol. The number of aromatic nitrogens is 2. The van der Waals surface area contributed by atoms with E-state index in [0.29, 0.717) is 12.3 Å². The molecule has 0 saturated heterocycles. The van der Waals surface area contributed by atoms with Crippen LogP contribution in [0.2, 0.25) is 0 Å². The fourth-order valence-electron chi connectivity index (χ4n) is 2.72. The Morgan fingerprint density at radius 3 is 2.70 bits per heavy atom. The van der Waals surface area contributed by atoms with Crippen molar-refractivity contribution in [2.24, 2.45) is 0 Å². The molecule has 1 amide bonds. The van der Waals surface area contributed by atoms with E-state index in [1.807, 2.05) is 45.2 Å². The highest BCUT2D eigenvalue weighted by atomic mass is 16.5. The molecule has 1 aromatic heterocycles. The minimum Gasteiger partial charge on any atom is -0.494 e. The second-order valence-corrected chi connectivity index (χ2v) is 4.93. The number of aryl methyl sites for hydroxylation is 1. The van der Waals surface area contributed by atoms with E-state index >= 15 is 0 Å². The summed E-state index contributed by atoms with van der Waals surface area (Å²) in [6, 6.07) is 7.80. The first-order valence-electron chi connectivity index (χ1n) is 6.68. The highest BCUT2D eigenvalue weighted by molar-refractivity contribution is 5.98. The highest BCUT2D eigenvalue weighted by Gasteiger charge is 2.39. The molecule has 1 N–H and O–H groups in total. The van der Waals surface area contributed by atoms with Crippen molar-refractivity contribution in [2.45, 2.75) is 19.9 Å². The van der Waals surface area contributed by atoms with E-state index in [1.165, 1.54) is 0 Å². The molecule has 104 valence electrons. The molecule has 0 aliphatic carbocycles. The third kappa shape index (κ3) is 1.78. The van der Waals surface area contributed by atoms with Crippen molar-refractivity contribution >= 4 is 5.91 Å². The highest BCUT2D eigenvalue weighted by Crippen LogP contribution is 2.38. The van der Waals surface area contributed by atoms with Crippen molar-refractivity contribution in [3.8, 4) is 5.75 Å². The van der Waals surface area contributed by atoms with Gasteiger partial charge in [-0.1, -0.05) is 12.1 Å². The maximum atomic E-state index is 12.2. The average Bonchev–Trinajstić information content (AvgIpc) is 2.93. The summed E-state index contributed by atoms with van der Waals surface area (Å²) in [6.07, 6.45) is 0. The standard InChI is InChI=1S/C15H17N3O2/c1-4-20-11-7-5-10(6-8-11)14-12-9(2)16-17-13(12)15(19)18(14)3/h5-8,14H,4H2,1-3H3,(H,16,17)/t14-/m0/s1. The predicted molar refractivity (Wildman–Crippen MR) is 74.9 cm³/mol. The Morgan fingerprint density at radius 2 is 2.05 bits per heavy atom. The number of rotatable bonds is 3. The number of nitrogens with one attached hydrogen (secondary N) is 1. The number of hydrogen-bond acceptors (Lipinski definition) is 3. The van der Waals surface area contributed by atoms with Gasteiger partial charge in [-0.05, 0) is 31.5 Å². The lowest BCUT2D eigenvalue weighted by Gasteiger charge is -2.21. The number of benzene rings is 1. The maximum absolute atomic E-state index is 12.2. The van der Waals surface area contributed by atoms with E-state index in [-0.39, 0.29) is 11.9 Å². The summed E-state index contributed by atoms with van der Waals surface area (Å²) < 4.78 is 5.45. The number of nitrogens with zero attached hydrogens (tertiary/aromatic N) is 2. The Labute approximate surface area is 117 Å². The van der Waals surface area contributed by atoms with Crippen molar-refractivity contribution < 1.29 is 9.53 Å². The second kappa shape index (κ2) is 4.67. The van der Waals surface area contributed by atoms with Crippen molar-refractivity contribution in [1.82, 2.24) is 15.1 Å². The molecule has 2 aromatic rings. The summed E-state index contributed by atoms with van der Waals surface area (Å²) in [4.78, 5) is 13.9. The summed E-state index contributed by atoms with van der Waals surface area (Å²) in [6.45, 7) is 4.55. The summed E-state index contributed by atoms with van der Waals surface area (Å²) in [5.74, 6) is 0.801. The van der Waals surface area contributed by atoms with E-state index in [1.54, 1.807) is 4.90 Å². The number of aromatic amines is 1. The molecule has 1 atom stereocenters. The molecule has 1 aliphatic heterocycles. The maximum Gasteiger partial charge on any atom is 0.275 e. The Hall–Kier alpha value is -2.30. The summed E-state index contributed by atoms with van der Waals surface area (Å²) in [5.41, 5.74) is 3.51. The fraction of sp³-hybridized carbons (Fsp3) is 0.333. The van der Waals surface area contributed by atoms with Crippen LogP contribution in [0.25, 0.3) is 0 Å². The van der Waals surface area contributed by atoms with Gasteiger partial charge in [0.1, 0.15) is 5.75 Å². The smallest absolute Gasteiger partial charge is 0.275 e. The molecule has 1 aromatic carbocycles. The van der Waals surface area contributed by atoms with E-state index in [4.69, 9.17) is 4.74 Å². The van der Waals surface area contributed by atoms with Gasteiger partial charge in [0.25, 0.3) is 5.91 Å². The van der Waals surface area contributed by atoms with E-state index in [2.05, 4.69) is 10.2 Å². The van der Waals surface area contributed by atoms with Crippen LogP contribution in [0.3, 0.4) is 0 Å². The van der Waals surface area contributed by atoms with Gasteiger partial charge < -0.3 is 9.64 Å². The van der Waals surface area contributed by atoms with Gasteiger partial charge in [0.05, 0.1) is 12.6 Å². The molecule has 0 spiro atoms. The molecule has 0 fully saturated rings. The van der Waals surface area contributed by atoms with Crippen LogP contribution in [-0.4, -0.2) is 34.7 Å². The first-order valence-corrected chi connectivity index (χ1v) is 6.68. The third-order valence-corrected chi connectivity index (χ3v) is 3.69. The van der Waals surface area contributed by atoms with Gasteiger partial charge in [-0.25, -0.2) is 0 Å². The van der Waals surface area contributed by atoms with E-state index < -0.39 is 0 Å². The SMILES string of the molecule is CCOc1ccc([C@H]2c3c(n[nH]c3C)C(=O)N2C)cc1. The first kappa shape index (κ1) is 12.7. The van der Waals surface area contributed by atoms with Crippen LogP contribution in [0.1, 0.15) is 40.3 Å². The molecule has 20 heavy (non-hydrogen) atoms. The van der Waals surface area contributed by atoms with Gasteiger partial charge in [0, 0.05) is 18.3 Å². The predicted octanol–water partition coefficient (Wildman–Crippen LogP) is 2.29. The molecule has 0 radical (unpaired) electrons. The molecule has 0 saturated carbocycles. The Morgan fingerprint density at radius 1 is 1.35 bits per heavy atom. The number of hydrogen-bond donors (Lipinski definition) is 1. The zero-order valence-electron chi connectivity index (χ0n) is 11.8. The molecule has 0 bridgehead atoms. The number of H-pyrrole nitrogens is 1. The van der Waals surface area contributed by atoms with Crippen LogP contribution < -0.4 is 4.74 Å². The number of carbonyl (C=O) groups is 1. The molecule has 0 unspecified atom stereocenters. The molecule has 5 heteroatoms. The molecule has 1 aliphatic rings. The zero-order chi connectivity index (χ0) is 14.3. The van der Waals surface area contributed by atoms with Crippen LogP contribution in [0.15, 0.2) is 24.3 Å². The molecular weight excluding hydrogens is 254 g/mol. The third-order valence-electron chi connectivity index (χ3n) is 3.69. The van der Waals surface area contributed by atoms with Crippen molar-refractivity contribution in [2.75, 3.05) is 13.7 Å². The quantitative estimate of drug-likeness (QED) is 0.931. The van der Waals surface area contributed by atoms with E-state index in [9.17, 15) is 4.79 Å². The lowest BCUT2D eigenvalue weighted by molar-refractivity contribution is 0.0787. The number of carbonyl (C=O) groups excluding carboxylic acids is 1. The fourth-order valence-corrected chi connectivity index (χ4v) is 2.72. The van der Waals surface area contributed by atoms with Gasteiger partial charge in [0.2, 0.25) is 0 Å². The van der Waals surface area contributed by atoms with Crippen LogP contribution in [-0.2, 0) is 0 Å². The second-order valence-electron chi connectivity index (χ2n) is 4.93. The molecule has 3 rings (SSSR count). The lowest BCUT2D eigenvalue weighted by Crippen LogP contribution is -2.24. The van der Waals surface area contributed by atoms with E-state index in [0.717, 1.165) is 22.6 Å². The minimum absolute atomic E-state index is 0.0387. The summed E-state index contributed by atoms with van der Waals surface area (Å²) in [7, 11) is 1.81. The summed E-state index contributed by atoms with van der Waals surface area (Å²) in [5, 5.41) is 7.01. The molecular formula is C15H17N3O2. The summed E-state index contributed by atoms with van der Waals surface area (Å²) >= 11 is 0. The van der Waals surface area contributed by atoms with Crippen LogP contribution in [0.5, 0.6) is 5.75 Å². The Kier molecular flexibility index (Phi) is 2.97. The van der Waals surface area contributed by atoms with Crippen LogP contribution in [0, 0.1) is 6.92 Å². The van der Waals surface area contributed by atoms with Crippen LogP contribution >= 0.6 is 0 Å². The number of fused-ring (bicyclic) bond motifs is 1. The Balaban J connectivity index is 2.01. The topological polar surface area (TPSA) is 58.2 Å². The van der Waals surface area contributed by atoms with Crippen molar-refractivity contribution in [3.63, 3.8) is 0 Å². The largest absolute Gasteiger partial charge is 0.494 e. The van der Waals surface area contributed by atoms with Gasteiger partial charge in [-0.2, -0.15) is 5.10 Å². The minimum atomic E-state index is -0.0769. The van der Waals surface area contributed by atoms with Gasteiger partial charge in [-0.15, -0.1) is 0 Å². The molecule has 2 heterocycles. The number of amides is 1. The number of ether oxygens (including phenoxy) is 1. The van der Waals surface area contributed by atoms with Gasteiger partial charge in [0.15, 0.2) is 5.69 Å². The first-order chi connectivity index (χ1) is 9.63. The Bertz CT molecular complexity index is 646.